The van der Waals surface area contributed by atoms with E-state index in [0.717, 1.165) is 5.92 Å². The summed E-state index contributed by atoms with van der Waals surface area (Å²) in [5.74, 6) is 1.46. The van der Waals surface area contributed by atoms with E-state index in [1.54, 1.807) is 0 Å². The van der Waals surface area contributed by atoms with Crippen LogP contribution in [0.1, 0.15) is 86.1 Å². The fraction of sp³-hybridized carbons (Fsp3) is 0.667. The van der Waals surface area contributed by atoms with Gasteiger partial charge in [0, 0.05) is 0 Å². The fourth-order valence-electron chi connectivity index (χ4n) is 4.15. The quantitative estimate of drug-likeness (QED) is 0.431. The molecule has 0 N–H and O–H groups in total. The minimum absolute atomic E-state index is 0.233. The molecule has 1 aromatic rings. The van der Waals surface area contributed by atoms with Crippen LogP contribution in [0.15, 0.2) is 36.4 Å². The van der Waals surface area contributed by atoms with Gasteiger partial charge < -0.3 is 0 Å². The van der Waals surface area contributed by atoms with Crippen LogP contribution in [0.4, 0.5) is 0 Å². The van der Waals surface area contributed by atoms with Crippen LogP contribution in [0, 0.1) is 22.7 Å². The average Bonchev–Trinajstić information content (AvgIpc) is 2.54. The Morgan fingerprint density at radius 1 is 1.00 bits per heavy atom. The summed E-state index contributed by atoms with van der Waals surface area (Å²) in [5, 5.41) is 0. The first-order chi connectivity index (χ1) is 11.3. The zero-order chi connectivity index (χ0) is 18.2. The topological polar surface area (TPSA) is 0 Å². The van der Waals surface area contributed by atoms with Crippen LogP contribution in [0.3, 0.4) is 0 Å². The molecule has 1 aromatic carbocycles. The largest absolute Gasteiger partial charge is 0.0769 e. The summed E-state index contributed by atoms with van der Waals surface area (Å²) in [6.45, 7) is 16.8. The number of hydrogen-bond donors (Lipinski definition) is 0. The van der Waals surface area contributed by atoms with Crippen molar-refractivity contribution < 1.29 is 0 Å². The van der Waals surface area contributed by atoms with Gasteiger partial charge in [-0.05, 0) is 34.7 Å². The number of unbranched alkanes of at least 4 members (excludes halogenated alkanes) is 1. The molecule has 0 aliphatic rings. The standard InChI is InChI=1S/C24H40/c1-8-10-14-21(9-2)19-24(20(3)4,23(5,6)7)18-17-22-15-12-11-13-16-22/h11-13,15-18,20-21H,8-10,14,19H2,1-7H3. The van der Waals surface area contributed by atoms with Crippen molar-refractivity contribution in [2.24, 2.45) is 22.7 Å². The monoisotopic (exact) mass is 328 g/mol. The van der Waals surface area contributed by atoms with Crippen LogP contribution in [0.2, 0.25) is 0 Å². The van der Waals surface area contributed by atoms with E-state index >= 15 is 0 Å². The molecule has 0 nitrogen and oxygen atoms in total. The van der Waals surface area contributed by atoms with Gasteiger partial charge in [-0.1, -0.05) is 117 Å². The first-order valence-electron chi connectivity index (χ1n) is 10.0. The van der Waals surface area contributed by atoms with Crippen molar-refractivity contribution in [3.05, 3.63) is 42.0 Å². The second-order valence-electron chi connectivity index (χ2n) is 8.81. The van der Waals surface area contributed by atoms with E-state index in [-0.39, 0.29) is 10.8 Å². The number of allylic oxidation sites excluding steroid dienone is 1. The third-order valence-corrected chi connectivity index (χ3v) is 5.97. The van der Waals surface area contributed by atoms with Crippen molar-refractivity contribution in [3.8, 4) is 0 Å². The highest BCUT2D eigenvalue weighted by molar-refractivity contribution is 5.50. The van der Waals surface area contributed by atoms with Gasteiger partial charge >= 0.3 is 0 Å². The first-order valence-corrected chi connectivity index (χ1v) is 10.0. The van der Waals surface area contributed by atoms with Crippen LogP contribution in [-0.2, 0) is 0 Å². The molecule has 2 atom stereocenters. The van der Waals surface area contributed by atoms with Crippen molar-refractivity contribution in [3.63, 3.8) is 0 Å². The summed E-state index contributed by atoms with van der Waals surface area (Å²) in [6, 6.07) is 10.8. The molecular weight excluding hydrogens is 288 g/mol. The Kier molecular flexibility index (Phi) is 8.27. The molecule has 0 saturated carbocycles. The van der Waals surface area contributed by atoms with Crippen molar-refractivity contribution in [2.75, 3.05) is 0 Å². The third-order valence-electron chi connectivity index (χ3n) is 5.97. The summed E-state index contributed by atoms with van der Waals surface area (Å²) in [6.07, 6.45) is 11.5. The lowest BCUT2D eigenvalue weighted by Gasteiger charge is -2.48. The van der Waals surface area contributed by atoms with Crippen molar-refractivity contribution in [1.29, 1.82) is 0 Å². The van der Waals surface area contributed by atoms with Gasteiger partial charge in [0.25, 0.3) is 0 Å². The van der Waals surface area contributed by atoms with Crippen LogP contribution in [0.5, 0.6) is 0 Å². The van der Waals surface area contributed by atoms with Crippen molar-refractivity contribution in [2.45, 2.75) is 80.6 Å². The van der Waals surface area contributed by atoms with Gasteiger partial charge in [-0.15, -0.1) is 0 Å². The van der Waals surface area contributed by atoms with E-state index in [1.165, 1.54) is 37.7 Å². The van der Waals surface area contributed by atoms with Gasteiger partial charge in [0.15, 0.2) is 0 Å². The molecule has 0 aromatic heterocycles. The Labute approximate surface area is 151 Å². The summed E-state index contributed by atoms with van der Waals surface area (Å²) >= 11 is 0. The molecule has 24 heavy (non-hydrogen) atoms. The van der Waals surface area contributed by atoms with Crippen molar-refractivity contribution in [1.82, 2.24) is 0 Å². The Balaban J connectivity index is 3.17. The van der Waals surface area contributed by atoms with Crippen LogP contribution in [-0.4, -0.2) is 0 Å². The summed E-state index contributed by atoms with van der Waals surface area (Å²) < 4.78 is 0. The van der Waals surface area contributed by atoms with Gasteiger partial charge in [0.05, 0.1) is 0 Å². The molecule has 2 unspecified atom stereocenters. The lowest BCUT2D eigenvalue weighted by molar-refractivity contribution is 0.0528. The summed E-state index contributed by atoms with van der Waals surface area (Å²) in [4.78, 5) is 0. The Bertz CT molecular complexity index is 475. The highest BCUT2D eigenvalue weighted by atomic mass is 14.5. The lowest BCUT2D eigenvalue weighted by Crippen LogP contribution is -2.40. The van der Waals surface area contributed by atoms with Gasteiger partial charge in [-0.3, -0.25) is 0 Å². The molecule has 1 rings (SSSR count). The number of rotatable bonds is 9. The maximum atomic E-state index is 2.54. The molecule has 0 heterocycles. The third kappa shape index (κ3) is 5.50. The maximum Gasteiger partial charge on any atom is -0.00408 e. The molecule has 0 radical (unpaired) electrons. The predicted molar refractivity (Wildman–Crippen MR) is 110 cm³/mol. The fourth-order valence-corrected chi connectivity index (χ4v) is 4.15. The molecule has 0 aliphatic heterocycles. The second kappa shape index (κ2) is 9.44. The Morgan fingerprint density at radius 3 is 2.08 bits per heavy atom. The summed E-state index contributed by atoms with van der Waals surface area (Å²) in [5.41, 5.74) is 1.80. The highest BCUT2D eigenvalue weighted by Gasteiger charge is 2.43. The van der Waals surface area contributed by atoms with E-state index in [0.29, 0.717) is 5.92 Å². The Hall–Kier alpha value is -1.04. The van der Waals surface area contributed by atoms with E-state index in [1.807, 2.05) is 0 Å². The van der Waals surface area contributed by atoms with E-state index in [4.69, 9.17) is 0 Å². The minimum atomic E-state index is 0.233. The van der Waals surface area contributed by atoms with Crippen molar-refractivity contribution >= 4 is 6.08 Å². The smallest absolute Gasteiger partial charge is 0.00408 e. The van der Waals surface area contributed by atoms with E-state index in [9.17, 15) is 0 Å². The molecule has 0 fully saturated rings. The average molecular weight is 329 g/mol. The van der Waals surface area contributed by atoms with E-state index < -0.39 is 0 Å². The van der Waals surface area contributed by atoms with Gasteiger partial charge in [-0.2, -0.15) is 0 Å². The highest BCUT2D eigenvalue weighted by Crippen LogP contribution is 2.51. The predicted octanol–water partition coefficient (Wildman–Crippen LogP) is 7.99. The molecule has 0 heteroatoms. The summed E-state index contributed by atoms with van der Waals surface area (Å²) in [7, 11) is 0. The second-order valence-corrected chi connectivity index (χ2v) is 8.81. The van der Waals surface area contributed by atoms with Crippen LogP contribution < -0.4 is 0 Å². The molecular formula is C24H40. The van der Waals surface area contributed by atoms with Crippen LogP contribution >= 0.6 is 0 Å². The zero-order valence-corrected chi connectivity index (χ0v) is 17.2. The molecule has 0 spiro atoms. The molecule has 136 valence electrons. The molecule has 0 aliphatic carbocycles. The SMILES string of the molecule is CCCCC(CC)CC(C=Cc1ccccc1)(C(C)C)C(C)(C)C. The normalized spacial score (nSPS) is 16.5. The van der Waals surface area contributed by atoms with E-state index in [2.05, 4.69) is 91.0 Å². The number of hydrogen-bond acceptors (Lipinski definition) is 0. The maximum absolute atomic E-state index is 2.54. The zero-order valence-electron chi connectivity index (χ0n) is 17.2. The van der Waals surface area contributed by atoms with Gasteiger partial charge in [0.2, 0.25) is 0 Å². The minimum Gasteiger partial charge on any atom is -0.0769 e. The first kappa shape index (κ1) is 21.0. The molecule has 0 amide bonds. The van der Waals surface area contributed by atoms with Gasteiger partial charge in [0.1, 0.15) is 0 Å². The number of benzene rings is 1. The van der Waals surface area contributed by atoms with Gasteiger partial charge in [-0.25, -0.2) is 0 Å². The van der Waals surface area contributed by atoms with Crippen LogP contribution in [0.25, 0.3) is 6.08 Å². The lowest BCUT2D eigenvalue weighted by atomic mass is 9.56. The molecule has 0 bridgehead atoms. The molecule has 0 saturated heterocycles. The Morgan fingerprint density at radius 2 is 1.62 bits per heavy atom.